The van der Waals surface area contributed by atoms with Crippen LogP contribution < -0.4 is 10.6 Å². The Morgan fingerprint density at radius 2 is 2.00 bits per heavy atom. The van der Waals surface area contributed by atoms with Gasteiger partial charge in [0.05, 0.1) is 0 Å². The van der Waals surface area contributed by atoms with Gasteiger partial charge >= 0.3 is 0 Å². The SMILES string of the molecule is CN=C(NCCCC(=O)N1Cc2ccccc2C1)NCC1(C)CCCS1. The average molecular weight is 375 g/mol. The summed E-state index contributed by atoms with van der Waals surface area (Å²) in [4.78, 5) is 18.7. The zero-order chi connectivity index (χ0) is 18.4. The highest BCUT2D eigenvalue weighted by Crippen LogP contribution is 2.36. The van der Waals surface area contributed by atoms with E-state index in [2.05, 4.69) is 34.7 Å². The van der Waals surface area contributed by atoms with E-state index >= 15 is 0 Å². The first-order chi connectivity index (χ1) is 12.6. The average Bonchev–Trinajstić information content (AvgIpc) is 3.27. The van der Waals surface area contributed by atoms with Gasteiger partial charge in [-0.3, -0.25) is 9.79 Å². The molecule has 1 aromatic rings. The van der Waals surface area contributed by atoms with E-state index in [1.54, 1.807) is 7.05 Å². The number of rotatable bonds is 6. The Kier molecular flexibility index (Phi) is 6.46. The fourth-order valence-electron chi connectivity index (χ4n) is 3.58. The van der Waals surface area contributed by atoms with E-state index in [1.165, 1.54) is 29.7 Å². The zero-order valence-corrected chi connectivity index (χ0v) is 16.7. The van der Waals surface area contributed by atoms with Crippen LogP contribution in [0.4, 0.5) is 0 Å². The third-order valence-corrected chi connectivity index (χ3v) is 6.75. The molecule has 2 aliphatic rings. The zero-order valence-electron chi connectivity index (χ0n) is 15.9. The van der Waals surface area contributed by atoms with Gasteiger partial charge in [-0.2, -0.15) is 11.8 Å². The first-order valence-corrected chi connectivity index (χ1v) is 10.5. The summed E-state index contributed by atoms with van der Waals surface area (Å²) in [5, 5.41) is 6.76. The molecule has 3 rings (SSSR count). The van der Waals surface area contributed by atoms with Gasteiger partial charge in [0.25, 0.3) is 0 Å². The largest absolute Gasteiger partial charge is 0.356 e. The molecule has 1 unspecified atom stereocenters. The Morgan fingerprint density at radius 3 is 2.62 bits per heavy atom. The van der Waals surface area contributed by atoms with Crippen LogP contribution in [0.15, 0.2) is 29.3 Å². The fraction of sp³-hybridized carbons (Fsp3) is 0.600. The molecule has 0 aliphatic carbocycles. The summed E-state index contributed by atoms with van der Waals surface area (Å²) in [6.07, 6.45) is 3.95. The minimum atomic E-state index is 0.237. The standard InChI is InChI=1S/C20H30N4OS/c1-20(10-6-12-26-20)15-23-19(21-2)22-11-5-9-18(25)24-13-16-7-3-4-8-17(16)14-24/h3-4,7-8H,5-6,9-15H2,1-2H3,(H2,21,22,23). The molecule has 2 heterocycles. The minimum absolute atomic E-state index is 0.237. The smallest absolute Gasteiger partial charge is 0.223 e. The molecule has 2 N–H and O–H groups in total. The lowest BCUT2D eigenvalue weighted by molar-refractivity contribution is -0.131. The molecule has 1 saturated heterocycles. The normalized spacial score (nSPS) is 22.4. The lowest BCUT2D eigenvalue weighted by Gasteiger charge is -2.24. The summed E-state index contributed by atoms with van der Waals surface area (Å²) in [5.74, 6) is 2.33. The molecule has 6 heteroatoms. The maximum atomic E-state index is 12.4. The van der Waals surface area contributed by atoms with Gasteiger partial charge in [-0.15, -0.1) is 0 Å². The van der Waals surface area contributed by atoms with Crippen molar-refractivity contribution >= 4 is 23.6 Å². The summed E-state index contributed by atoms with van der Waals surface area (Å²) >= 11 is 2.04. The summed E-state index contributed by atoms with van der Waals surface area (Å²) < 4.78 is 0.318. The van der Waals surface area contributed by atoms with E-state index in [-0.39, 0.29) is 5.91 Å². The number of carbonyl (C=O) groups excluding carboxylic acids is 1. The number of nitrogens with one attached hydrogen (secondary N) is 2. The molecule has 1 atom stereocenters. The van der Waals surface area contributed by atoms with Gasteiger partial charge in [0, 0.05) is 44.4 Å². The van der Waals surface area contributed by atoms with Crippen molar-refractivity contribution in [1.82, 2.24) is 15.5 Å². The molecule has 1 aromatic carbocycles. The number of thioether (sulfide) groups is 1. The molecule has 0 bridgehead atoms. The van der Waals surface area contributed by atoms with Crippen molar-refractivity contribution in [2.45, 2.75) is 50.4 Å². The molecule has 1 fully saturated rings. The van der Waals surface area contributed by atoms with Gasteiger partial charge in [0.2, 0.25) is 5.91 Å². The van der Waals surface area contributed by atoms with Crippen LogP contribution in [0.3, 0.4) is 0 Å². The maximum absolute atomic E-state index is 12.4. The van der Waals surface area contributed by atoms with Crippen LogP contribution in [0.2, 0.25) is 0 Å². The van der Waals surface area contributed by atoms with Gasteiger partial charge < -0.3 is 15.5 Å². The van der Waals surface area contributed by atoms with E-state index in [0.717, 1.165) is 38.6 Å². The number of guanidine groups is 1. The topological polar surface area (TPSA) is 56.7 Å². The highest BCUT2D eigenvalue weighted by atomic mass is 32.2. The third kappa shape index (κ3) is 4.93. The number of aliphatic imine (C=N–C) groups is 1. The minimum Gasteiger partial charge on any atom is -0.356 e. The highest BCUT2D eigenvalue weighted by Gasteiger charge is 2.29. The predicted molar refractivity (Wildman–Crippen MR) is 109 cm³/mol. The number of benzene rings is 1. The quantitative estimate of drug-likeness (QED) is 0.457. The van der Waals surface area contributed by atoms with Crippen molar-refractivity contribution in [2.75, 3.05) is 25.9 Å². The van der Waals surface area contributed by atoms with Crippen LogP contribution in [0.25, 0.3) is 0 Å². The monoisotopic (exact) mass is 374 g/mol. The second-order valence-electron chi connectivity index (χ2n) is 7.38. The molecule has 5 nitrogen and oxygen atoms in total. The molecule has 0 aromatic heterocycles. The molecule has 142 valence electrons. The number of fused-ring (bicyclic) bond motifs is 1. The number of hydrogen-bond acceptors (Lipinski definition) is 3. The third-order valence-electron chi connectivity index (χ3n) is 5.21. The van der Waals surface area contributed by atoms with Gasteiger partial charge in [-0.05, 0) is 43.1 Å². The van der Waals surface area contributed by atoms with Crippen molar-refractivity contribution in [3.05, 3.63) is 35.4 Å². The van der Waals surface area contributed by atoms with Gasteiger partial charge in [-0.1, -0.05) is 24.3 Å². The van der Waals surface area contributed by atoms with Gasteiger partial charge in [-0.25, -0.2) is 0 Å². The first kappa shape index (κ1) is 19.1. The Hall–Kier alpha value is -1.69. The summed E-state index contributed by atoms with van der Waals surface area (Å²) in [6, 6.07) is 8.31. The van der Waals surface area contributed by atoms with E-state index in [4.69, 9.17) is 0 Å². The van der Waals surface area contributed by atoms with Crippen molar-refractivity contribution < 1.29 is 4.79 Å². The number of carbonyl (C=O) groups is 1. The van der Waals surface area contributed by atoms with Gasteiger partial charge in [0.15, 0.2) is 5.96 Å². The van der Waals surface area contributed by atoms with Crippen LogP contribution in [0.1, 0.15) is 43.7 Å². The lowest BCUT2D eigenvalue weighted by Crippen LogP contribution is -2.44. The molecule has 2 aliphatic heterocycles. The molecular weight excluding hydrogens is 344 g/mol. The van der Waals surface area contributed by atoms with Crippen LogP contribution in [-0.2, 0) is 17.9 Å². The Balaban J connectivity index is 1.34. The van der Waals surface area contributed by atoms with Crippen molar-refractivity contribution in [3.8, 4) is 0 Å². The Bertz CT molecular complexity index is 630. The van der Waals surface area contributed by atoms with Crippen LogP contribution in [0.5, 0.6) is 0 Å². The second kappa shape index (κ2) is 8.80. The molecule has 0 saturated carbocycles. The lowest BCUT2D eigenvalue weighted by atomic mass is 10.1. The predicted octanol–water partition coefficient (Wildman–Crippen LogP) is 2.76. The van der Waals surface area contributed by atoms with E-state index in [9.17, 15) is 4.79 Å². The van der Waals surface area contributed by atoms with Crippen LogP contribution in [0, 0.1) is 0 Å². The van der Waals surface area contributed by atoms with E-state index < -0.39 is 0 Å². The second-order valence-corrected chi connectivity index (χ2v) is 9.06. The van der Waals surface area contributed by atoms with Crippen molar-refractivity contribution in [1.29, 1.82) is 0 Å². The summed E-state index contributed by atoms with van der Waals surface area (Å²) in [5.41, 5.74) is 2.56. The molecule has 0 spiro atoms. The first-order valence-electron chi connectivity index (χ1n) is 9.53. The van der Waals surface area contributed by atoms with Crippen LogP contribution in [-0.4, -0.2) is 47.4 Å². The molecular formula is C20H30N4OS. The summed E-state index contributed by atoms with van der Waals surface area (Å²) in [6.45, 7) is 5.51. The van der Waals surface area contributed by atoms with Crippen LogP contribution >= 0.6 is 11.8 Å². The van der Waals surface area contributed by atoms with E-state index in [1.807, 2.05) is 28.8 Å². The highest BCUT2D eigenvalue weighted by molar-refractivity contribution is 8.00. The van der Waals surface area contributed by atoms with E-state index in [0.29, 0.717) is 11.2 Å². The fourth-order valence-corrected chi connectivity index (χ4v) is 4.83. The number of amides is 1. The Labute approximate surface area is 161 Å². The molecule has 0 radical (unpaired) electrons. The Morgan fingerprint density at radius 1 is 1.27 bits per heavy atom. The summed E-state index contributed by atoms with van der Waals surface area (Å²) in [7, 11) is 1.80. The number of nitrogens with zero attached hydrogens (tertiary/aromatic N) is 2. The van der Waals surface area contributed by atoms with Crippen molar-refractivity contribution in [3.63, 3.8) is 0 Å². The van der Waals surface area contributed by atoms with Gasteiger partial charge in [0.1, 0.15) is 0 Å². The molecule has 26 heavy (non-hydrogen) atoms. The molecule has 1 amide bonds. The van der Waals surface area contributed by atoms with Crippen molar-refractivity contribution in [2.24, 2.45) is 4.99 Å². The maximum Gasteiger partial charge on any atom is 0.223 e. The number of hydrogen-bond donors (Lipinski definition) is 2.